The van der Waals surface area contributed by atoms with Gasteiger partial charge in [0, 0.05) is 0 Å². The minimum absolute atomic E-state index is 0.138. The van der Waals surface area contributed by atoms with Crippen LogP contribution in [0.5, 0.6) is 5.75 Å². The summed E-state index contributed by atoms with van der Waals surface area (Å²) in [6, 6.07) is 10.3. The first-order chi connectivity index (χ1) is 14.3. The van der Waals surface area contributed by atoms with Crippen LogP contribution in [0.1, 0.15) is 16.7 Å². The van der Waals surface area contributed by atoms with Crippen molar-refractivity contribution < 1.29 is 23.9 Å². The van der Waals surface area contributed by atoms with Gasteiger partial charge in [0.05, 0.1) is 23.1 Å². The van der Waals surface area contributed by atoms with Crippen molar-refractivity contribution in [1.29, 1.82) is 0 Å². The molecular weight excluding hydrogens is 476 g/mol. The summed E-state index contributed by atoms with van der Waals surface area (Å²) < 4.78 is 10.4. The monoisotopic (exact) mass is 492 g/mol. The second kappa shape index (κ2) is 9.32. The van der Waals surface area contributed by atoms with Gasteiger partial charge in [-0.05, 0) is 52.2 Å². The van der Waals surface area contributed by atoms with E-state index in [0.717, 1.165) is 16.0 Å². The lowest BCUT2D eigenvalue weighted by Crippen LogP contribution is -2.30. The molecule has 7 nitrogen and oxygen atoms in total. The Kier molecular flexibility index (Phi) is 6.79. The van der Waals surface area contributed by atoms with E-state index in [1.54, 1.807) is 12.1 Å². The van der Waals surface area contributed by atoms with E-state index in [1.165, 1.54) is 13.2 Å². The maximum absolute atomic E-state index is 12.7. The van der Waals surface area contributed by atoms with E-state index in [-0.39, 0.29) is 29.6 Å². The molecular formula is C21H18BrClN2O5. The molecule has 0 aromatic heterocycles. The number of esters is 1. The van der Waals surface area contributed by atoms with Crippen molar-refractivity contribution in [2.24, 2.45) is 0 Å². The first kappa shape index (κ1) is 21.9. The van der Waals surface area contributed by atoms with Crippen molar-refractivity contribution in [1.82, 2.24) is 10.2 Å². The number of aryl methyl sites for hydroxylation is 1. The molecule has 1 aliphatic rings. The van der Waals surface area contributed by atoms with E-state index in [9.17, 15) is 14.4 Å². The zero-order valence-electron chi connectivity index (χ0n) is 16.2. The maximum Gasteiger partial charge on any atom is 0.343 e. The minimum Gasteiger partial charge on any atom is -0.479 e. The van der Waals surface area contributed by atoms with Crippen molar-refractivity contribution in [2.45, 2.75) is 13.5 Å². The second-order valence-corrected chi connectivity index (χ2v) is 7.81. The summed E-state index contributed by atoms with van der Waals surface area (Å²) in [5.41, 5.74) is 2.61. The van der Waals surface area contributed by atoms with E-state index in [0.29, 0.717) is 10.0 Å². The third-order valence-corrected chi connectivity index (χ3v) is 5.15. The van der Waals surface area contributed by atoms with Gasteiger partial charge in [-0.15, -0.1) is 0 Å². The Morgan fingerprint density at radius 3 is 2.70 bits per heavy atom. The fourth-order valence-corrected chi connectivity index (χ4v) is 3.85. The van der Waals surface area contributed by atoms with Gasteiger partial charge in [-0.25, -0.2) is 9.59 Å². The molecule has 0 unspecified atom stereocenters. The molecule has 1 heterocycles. The van der Waals surface area contributed by atoms with Crippen LogP contribution in [-0.4, -0.2) is 36.5 Å². The topological polar surface area (TPSA) is 84.9 Å². The van der Waals surface area contributed by atoms with Crippen LogP contribution in [0, 0.1) is 6.92 Å². The van der Waals surface area contributed by atoms with Gasteiger partial charge in [0.2, 0.25) is 0 Å². The summed E-state index contributed by atoms with van der Waals surface area (Å²) in [5, 5.41) is 2.82. The number of carbonyl (C=O) groups excluding carboxylic acids is 3. The molecule has 3 amide bonds. The molecule has 2 aromatic carbocycles. The van der Waals surface area contributed by atoms with Crippen LogP contribution in [0.25, 0.3) is 6.08 Å². The number of amides is 3. The van der Waals surface area contributed by atoms with Crippen LogP contribution in [0.15, 0.2) is 46.6 Å². The molecule has 1 aliphatic heterocycles. The average Bonchev–Trinajstić information content (AvgIpc) is 2.94. The number of hydrogen-bond acceptors (Lipinski definition) is 5. The number of halogens is 2. The Bertz CT molecular complexity index is 1030. The van der Waals surface area contributed by atoms with E-state index >= 15 is 0 Å². The van der Waals surface area contributed by atoms with Crippen molar-refractivity contribution in [2.75, 3.05) is 13.7 Å². The third kappa shape index (κ3) is 5.01. The fourth-order valence-electron chi connectivity index (χ4n) is 2.87. The molecule has 156 valence electrons. The van der Waals surface area contributed by atoms with Gasteiger partial charge in [0.15, 0.2) is 12.4 Å². The van der Waals surface area contributed by atoms with Gasteiger partial charge >= 0.3 is 12.0 Å². The van der Waals surface area contributed by atoms with Crippen LogP contribution in [0.4, 0.5) is 4.79 Å². The number of urea groups is 1. The summed E-state index contributed by atoms with van der Waals surface area (Å²) in [6.45, 7) is 1.83. The number of nitrogens with zero attached hydrogens (tertiary/aromatic N) is 1. The largest absolute Gasteiger partial charge is 0.479 e. The van der Waals surface area contributed by atoms with E-state index in [2.05, 4.69) is 26.0 Å². The van der Waals surface area contributed by atoms with Crippen molar-refractivity contribution in [3.63, 3.8) is 0 Å². The van der Waals surface area contributed by atoms with Crippen molar-refractivity contribution in [3.8, 4) is 5.75 Å². The molecule has 9 heteroatoms. The zero-order valence-corrected chi connectivity index (χ0v) is 18.5. The molecule has 0 saturated carbocycles. The number of methoxy groups -OCH3 is 1. The highest BCUT2D eigenvalue weighted by Crippen LogP contribution is 2.35. The lowest BCUT2D eigenvalue weighted by Gasteiger charge is -2.12. The van der Waals surface area contributed by atoms with Gasteiger partial charge < -0.3 is 14.8 Å². The van der Waals surface area contributed by atoms with Gasteiger partial charge in [0.1, 0.15) is 5.70 Å². The number of carbonyl (C=O) groups is 3. The standard InChI is InChI=1S/C21H18BrClN2O5/c1-12-4-3-5-13(6-12)10-25-20(27)17(24-21(25)28)9-14-7-15(22)19(16(23)8-14)30-11-18(26)29-2/h3-9H,10-11H2,1-2H3,(H,24,28)/b17-9+. The molecule has 0 atom stereocenters. The molecule has 0 bridgehead atoms. The van der Waals surface area contributed by atoms with Gasteiger partial charge in [-0.2, -0.15) is 0 Å². The van der Waals surface area contributed by atoms with Crippen LogP contribution in [0.2, 0.25) is 5.02 Å². The molecule has 1 saturated heterocycles. The Morgan fingerprint density at radius 1 is 1.27 bits per heavy atom. The van der Waals surface area contributed by atoms with Crippen molar-refractivity contribution >= 4 is 51.5 Å². The second-order valence-electron chi connectivity index (χ2n) is 6.55. The van der Waals surface area contributed by atoms with Gasteiger partial charge in [-0.3, -0.25) is 9.69 Å². The normalized spacial score (nSPS) is 14.8. The Labute approximate surface area is 186 Å². The molecule has 0 spiro atoms. The van der Waals surface area contributed by atoms with Gasteiger partial charge in [-0.1, -0.05) is 41.4 Å². The number of hydrogen-bond donors (Lipinski definition) is 1. The highest BCUT2D eigenvalue weighted by atomic mass is 79.9. The van der Waals surface area contributed by atoms with E-state index in [1.807, 2.05) is 31.2 Å². The molecule has 2 aromatic rings. The number of benzene rings is 2. The van der Waals surface area contributed by atoms with Crippen LogP contribution >= 0.6 is 27.5 Å². The summed E-state index contributed by atoms with van der Waals surface area (Å²) in [7, 11) is 1.26. The lowest BCUT2D eigenvalue weighted by atomic mass is 10.1. The highest BCUT2D eigenvalue weighted by Gasteiger charge is 2.33. The quantitative estimate of drug-likeness (QED) is 0.373. The van der Waals surface area contributed by atoms with Gasteiger partial charge in [0.25, 0.3) is 5.91 Å². The van der Waals surface area contributed by atoms with Crippen molar-refractivity contribution in [3.05, 3.63) is 68.3 Å². The first-order valence-electron chi connectivity index (χ1n) is 8.87. The zero-order chi connectivity index (χ0) is 21.8. The summed E-state index contributed by atoms with van der Waals surface area (Å²) in [6.07, 6.45) is 1.53. The number of nitrogens with one attached hydrogen (secondary N) is 1. The predicted molar refractivity (Wildman–Crippen MR) is 115 cm³/mol. The molecule has 3 rings (SSSR count). The minimum atomic E-state index is -0.544. The number of imide groups is 1. The number of ether oxygens (including phenoxy) is 2. The van der Waals surface area contributed by atoms with E-state index < -0.39 is 17.9 Å². The first-order valence-corrected chi connectivity index (χ1v) is 10.0. The Balaban J connectivity index is 1.79. The smallest absolute Gasteiger partial charge is 0.343 e. The average molecular weight is 494 g/mol. The van der Waals surface area contributed by atoms with Crippen LogP contribution in [0.3, 0.4) is 0 Å². The Morgan fingerprint density at radius 2 is 2.03 bits per heavy atom. The van der Waals surface area contributed by atoms with Crippen LogP contribution in [-0.2, 0) is 20.9 Å². The molecule has 0 radical (unpaired) electrons. The third-order valence-electron chi connectivity index (χ3n) is 4.28. The number of rotatable bonds is 6. The molecule has 1 N–H and O–H groups in total. The molecule has 1 fully saturated rings. The molecule has 0 aliphatic carbocycles. The highest BCUT2D eigenvalue weighted by molar-refractivity contribution is 9.10. The SMILES string of the molecule is COC(=O)COc1c(Cl)cc(/C=C2/NC(=O)N(Cc3cccc(C)c3)C2=O)cc1Br. The summed E-state index contributed by atoms with van der Waals surface area (Å²) >= 11 is 9.58. The lowest BCUT2D eigenvalue weighted by molar-refractivity contribution is -0.142. The summed E-state index contributed by atoms with van der Waals surface area (Å²) in [4.78, 5) is 37.4. The predicted octanol–water partition coefficient (Wildman–Crippen LogP) is 4.06. The molecule has 30 heavy (non-hydrogen) atoms. The summed E-state index contributed by atoms with van der Waals surface area (Å²) in [5.74, 6) is -0.705. The Hall–Kier alpha value is -2.84. The van der Waals surface area contributed by atoms with E-state index in [4.69, 9.17) is 16.3 Å². The maximum atomic E-state index is 12.7. The van der Waals surface area contributed by atoms with Crippen LogP contribution < -0.4 is 10.1 Å². The fraction of sp³-hybridized carbons (Fsp3) is 0.190.